The number of rotatable bonds is 6. The predicted octanol–water partition coefficient (Wildman–Crippen LogP) is 9.14. The Balaban J connectivity index is 0.000000218. The highest BCUT2D eigenvalue weighted by Gasteiger charge is 2.63. The molecule has 0 spiro atoms. The lowest BCUT2D eigenvalue weighted by atomic mass is 9.66. The highest BCUT2D eigenvalue weighted by atomic mass is 32.2. The van der Waals surface area contributed by atoms with E-state index in [1.807, 2.05) is 27.7 Å². The molecule has 0 radical (unpaired) electrons. The molecule has 7 fully saturated rings. The maximum absolute atomic E-state index is 11.4. The maximum Gasteiger partial charge on any atom is 0.0999 e. The van der Waals surface area contributed by atoms with Gasteiger partial charge in [0.1, 0.15) is 0 Å². The van der Waals surface area contributed by atoms with Gasteiger partial charge >= 0.3 is 0 Å². The van der Waals surface area contributed by atoms with E-state index in [1.165, 1.54) is 44.9 Å². The molecule has 0 aliphatic heterocycles. The second-order valence-electron chi connectivity index (χ2n) is 16.7. The minimum absolute atomic E-state index is 0. The minimum Gasteiger partial charge on any atom is -0.748 e. The van der Waals surface area contributed by atoms with Crippen LogP contribution in [0.3, 0.4) is 0 Å². The van der Waals surface area contributed by atoms with Crippen LogP contribution in [0.15, 0.2) is 12.2 Å². The monoisotopic (exact) mass is 684 g/mol. The predicted molar refractivity (Wildman–Crippen MR) is 188 cm³/mol. The summed E-state index contributed by atoms with van der Waals surface area (Å²) in [4.78, 5) is 0. The van der Waals surface area contributed by atoms with Crippen molar-refractivity contribution < 1.29 is 25.9 Å². The molecule has 0 N–H and O–H groups in total. The van der Waals surface area contributed by atoms with Crippen LogP contribution in [-0.4, -0.2) is 35.4 Å². The molecule has 14 atom stereocenters. The lowest BCUT2D eigenvalue weighted by Gasteiger charge is -2.41. The molecule has 0 aromatic heterocycles. The van der Waals surface area contributed by atoms with Gasteiger partial charge in [0, 0.05) is 0 Å². The van der Waals surface area contributed by atoms with Crippen molar-refractivity contribution in [3.8, 4) is 0 Å². The van der Waals surface area contributed by atoms with Crippen LogP contribution in [0.1, 0.15) is 134 Å². The van der Waals surface area contributed by atoms with Gasteiger partial charge in [0.25, 0.3) is 0 Å². The van der Waals surface area contributed by atoms with Crippen molar-refractivity contribution in [2.24, 2.45) is 82.9 Å². The Morgan fingerprint density at radius 1 is 0.543 bits per heavy atom. The number of fused-ring (bicyclic) bond motifs is 18. The van der Waals surface area contributed by atoms with Crippen LogP contribution < -0.4 is 0 Å². The molecule has 0 heterocycles. The van der Waals surface area contributed by atoms with E-state index in [4.69, 9.17) is 0 Å². The summed E-state index contributed by atoms with van der Waals surface area (Å²) < 4.78 is 66.5. The van der Waals surface area contributed by atoms with Gasteiger partial charge in [-0.2, -0.15) is 0 Å². The third-order valence-corrected chi connectivity index (χ3v) is 17.2. The Morgan fingerprint density at radius 2 is 0.935 bits per heavy atom. The van der Waals surface area contributed by atoms with Gasteiger partial charge < -0.3 is 9.11 Å². The molecular formula is C38H68O6S2-2. The summed E-state index contributed by atoms with van der Waals surface area (Å²) in [6.45, 7) is 14.5. The molecule has 8 bridgehead atoms. The third-order valence-electron chi connectivity index (χ3n) is 14.1. The summed E-state index contributed by atoms with van der Waals surface area (Å²) in [5.41, 5.74) is 0. The summed E-state index contributed by atoms with van der Waals surface area (Å²) in [5.74, 6) is 10.9. The second-order valence-corrected chi connectivity index (χ2v) is 20.8. The van der Waals surface area contributed by atoms with E-state index in [9.17, 15) is 25.9 Å². The maximum atomic E-state index is 11.4. The van der Waals surface area contributed by atoms with Crippen molar-refractivity contribution in [2.75, 3.05) is 0 Å². The van der Waals surface area contributed by atoms with Crippen LogP contribution in [0.25, 0.3) is 0 Å². The molecule has 6 nitrogen and oxygen atoms in total. The van der Waals surface area contributed by atoms with Crippen LogP contribution in [0.4, 0.5) is 0 Å². The van der Waals surface area contributed by atoms with Crippen LogP contribution >= 0.6 is 0 Å². The van der Waals surface area contributed by atoms with E-state index < -0.39 is 29.7 Å². The average Bonchev–Trinajstić information content (AvgIpc) is 3.80. The molecule has 14 unspecified atom stereocenters. The number of hydrogen-bond donors (Lipinski definition) is 0. The van der Waals surface area contributed by atoms with Gasteiger partial charge in [0.15, 0.2) is 0 Å². The molecule has 0 aromatic rings. The third kappa shape index (κ3) is 6.57. The van der Waals surface area contributed by atoms with Gasteiger partial charge in [-0.1, -0.05) is 54.7 Å². The number of hydrogen-bond acceptors (Lipinski definition) is 6. The molecule has 0 amide bonds. The van der Waals surface area contributed by atoms with Crippen molar-refractivity contribution in [3.63, 3.8) is 0 Å². The molecule has 0 aromatic carbocycles. The molecule has 8 aliphatic rings. The van der Waals surface area contributed by atoms with Gasteiger partial charge in [-0.25, -0.2) is 16.8 Å². The van der Waals surface area contributed by atoms with Crippen LogP contribution in [0, 0.1) is 82.9 Å². The summed E-state index contributed by atoms with van der Waals surface area (Å²) in [6, 6.07) is 0. The first-order valence-corrected chi connectivity index (χ1v) is 21.0. The Hall–Kier alpha value is -0.440. The van der Waals surface area contributed by atoms with Gasteiger partial charge in [-0.05, 0) is 175 Å². The molecule has 7 saturated carbocycles. The zero-order valence-electron chi connectivity index (χ0n) is 28.6. The van der Waals surface area contributed by atoms with Crippen LogP contribution in [-0.2, 0) is 20.2 Å². The standard InChI is InChI=1S/C16H26O3S.C16H24O3S.2C2H6.2CH4/c2*1-16(2,20(17,18)19)8-12-6-11-7-13(12)15-10-4-3-9(5-10)14(11)15;2*1-2;;/h9-15H,3-8H2,1-2H3,(H,17,18,19);3-4,9-15H,5-8H2,1-2H3,(H,17,18,19);2*1-2H3;2*1H4/p-2. The molecule has 0 saturated heterocycles. The normalized spacial score (nSPS) is 43.3. The van der Waals surface area contributed by atoms with E-state index in [2.05, 4.69) is 12.2 Å². The number of allylic oxidation sites excluding steroid dienone is 2. The SMILES string of the molecule is C.C.CC.CC.CC(C)(CC1CC2CC1C1C3C=CC(C3)C21)S(=O)(=O)[O-].CC(C)(CC1CC2CC1C1C3CCC(C3)C21)S(=O)(=O)[O-]. The zero-order valence-corrected chi connectivity index (χ0v) is 30.2. The van der Waals surface area contributed by atoms with Gasteiger partial charge in [0.05, 0.1) is 29.7 Å². The Labute approximate surface area is 284 Å². The molecule has 46 heavy (non-hydrogen) atoms. The fourth-order valence-corrected chi connectivity index (χ4v) is 13.6. The first-order valence-electron chi connectivity index (χ1n) is 18.1. The van der Waals surface area contributed by atoms with Crippen molar-refractivity contribution in [3.05, 3.63) is 12.2 Å². The fourth-order valence-electron chi connectivity index (χ4n) is 12.8. The molecule has 8 aliphatic carbocycles. The first-order chi connectivity index (χ1) is 20.6. The van der Waals surface area contributed by atoms with Gasteiger partial charge in [-0.3, -0.25) is 0 Å². The highest BCUT2D eigenvalue weighted by molar-refractivity contribution is 7.87. The van der Waals surface area contributed by atoms with E-state index in [1.54, 1.807) is 27.7 Å². The van der Waals surface area contributed by atoms with Crippen LogP contribution in [0.5, 0.6) is 0 Å². The Kier molecular flexibility index (Phi) is 12.2. The van der Waals surface area contributed by atoms with E-state index in [-0.39, 0.29) is 14.9 Å². The largest absolute Gasteiger partial charge is 0.748 e. The van der Waals surface area contributed by atoms with Crippen LogP contribution in [0.2, 0.25) is 0 Å². The summed E-state index contributed by atoms with van der Waals surface area (Å²) in [5, 5.41) is 0. The quantitative estimate of drug-likeness (QED) is 0.157. The summed E-state index contributed by atoms with van der Waals surface area (Å²) in [6.07, 6.45) is 16.5. The topological polar surface area (TPSA) is 114 Å². The molecule has 8 heteroatoms. The lowest BCUT2D eigenvalue weighted by molar-refractivity contribution is 0.0962. The average molecular weight is 685 g/mol. The van der Waals surface area contributed by atoms with Gasteiger partial charge in [0.2, 0.25) is 0 Å². The fraction of sp³-hybridized carbons (Fsp3) is 0.947. The summed E-state index contributed by atoms with van der Waals surface area (Å²) in [7, 11) is -8.39. The van der Waals surface area contributed by atoms with Crippen molar-refractivity contribution in [1.29, 1.82) is 0 Å². The van der Waals surface area contributed by atoms with Crippen molar-refractivity contribution in [2.45, 2.75) is 144 Å². The van der Waals surface area contributed by atoms with Gasteiger partial charge in [-0.15, -0.1) is 0 Å². The molecular weight excluding hydrogens is 617 g/mol. The molecule has 270 valence electrons. The summed E-state index contributed by atoms with van der Waals surface area (Å²) >= 11 is 0. The first kappa shape index (κ1) is 40.0. The second kappa shape index (κ2) is 14.1. The Bertz CT molecular complexity index is 1290. The smallest absolute Gasteiger partial charge is 0.0999 e. The lowest BCUT2D eigenvalue weighted by Crippen LogP contribution is -2.39. The van der Waals surface area contributed by atoms with E-state index >= 15 is 0 Å². The molecule has 8 rings (SSSR count). The minimum atomic E-state index is -4.20. The Morgan fingerprint density at radius 3 is 1.39 bits per heavy atom. The van der Waals surface area contributed by atoms with E-state index in [0.717, 1.165) is 71.5 Å². The zero-order chi connectivity index (χ0) is 32.6. The van der Waals surface area contributed by atoms with Crippen molar-refractivity contribution >= 4 is 20.2 Å². The highest BCUT2D eigenvalue weighted by Crippen LogP contribution is 2.70. The van der Waals surface area contributed by atoms with Crippen molar-refractivity contribution in [1.82, 2.24) is 0 Å². The van der Waals surface area contributed by atoms with E-state index in [0.29, 0.717) is 30.6 Å².